The molecule has 2 aromatic carbocycles. The third kappa shape index (κ3) is 4.01. The third-order valence-electron chi connectivity index (χ3n) is 3.95. The number of hydrogen-bond acceptors (Lipinski definition) is 3. The maximum Gasteiger partial charge on any atom is 0.245 e. The summed E-state index contributed by atoms with van der Waals surface area (Å²) in [4.78, 5) is 16.3. The number of benzene rings is 2. The van der Waals surface area contributed by atoms with Crippen molar-refractivity contribution in [3.05, 3.63) is 84.3 Å². The van der Waals surface area contributed by atoms with Crippen molar-refractivity contribution in [2.24, 2.45) is 0 Å². The summed E-state index contributed by atoms with van der Waals surface area (Å²) in [6.07, 6.45) is 1.62. The summed E-state index contributed by atoms with van der Waals surface area (Å²) in [5.41, 5.74) is 7.26. The number of amides is 1. The zero-order valence-corrected chi connectivity index (χ0v) is 13.7. The van der Waals surface area contributed by atoms with Gasteiger partial charge in [-0.3, -0.25) is 15.6 Å². The molecule has 1 heterocycles. The van der Waals surface area contributed by atoms with Crippen LogP contribution in [0.2, 0.25) is 0 Å². The molecule has 3 rings (SSSR count). The molecular formula is C20H18FN3O. The van der Waals surface area contributed by atoms with Crippen molar-refractivity contribution in [3.63, 3.8) is 0 Å². The smallest absolute Gasteiger partial charge is 0.245 e. The van der Waals surface area contributed by atoms with Gasteiger partial charge in [0.05, 0.1) is 5.92 Å². The van der Waals surface area contributed by atoms with E-state index < -0.39 is 5.92 Å². The van der Waals surface area contributed by atoms with Gasteiger partial charge in [0, 0.05) is 11.8 Å². The number of hydrazine groups is 1. The summed E-state index contributed by atoms with van der Waals surface area (Å²) in [6, 6.07) is 19.5. The molecule has 0 saturated heterocycles. The van der Waals surface area contributed by atoms with Crippen LogP contribution < -0.4 is 10.9 Å². The Kier molecular flexibility index (Phi) is 5.04. The van der Waals surface area contributed by atoms with Gasteiger partial charge in [-0.2, -0.15) is 0 Å². The van der Waals surface area contributed by atoms with Gasteiger partial charge in [0.15, 0.2) is 0 Å². The average molecular weight is 335 g/mol. The van der Waals surface area contributed by atoms with Gasteiger partial charge in [0.25, 0.3) is 0 Å². The van der Waals surface area contributed by atoms with Crippen LogP contribution in [0.4, 0.5) is 10.2 Å². The molecule has 0 saturated carbocycles. The second-order valence-electron chi connectivity index (χ2n) is 5.66. The van der Waals surface area contributed by atoms with Crippen LogP contribution in [-0.4, -0.2) is 10.9 Å². The van der Waals surface area contributed by atoms with Crippen LogP contribution in [-0.2, 0) is 4.79 Å². The largest absolute Gasteiger partial charge is 0.282 e. The molecule has 3 aromatic rings. The van der Waals surface area contributed by atoms with E-state index in [0.29, 0.717) is 16.9 Å². The van der Waals surface area contributed by atoms with E-state index in [1.54, 1.807) is 37.4 Å². The molecule has 0 fully saturated rings. The third-order valence-corrected chi connectivity index (χ3v) is 3.95. The maximum absolute atomic E-state index is 14.5. The van der Waals surface area contributed by atoms with Gasteiger partial charge in [-0.05, 0) is 36.2 Å². The predicted octanol–water partition coefficient (Wildman–Crippen LogP) is 4.13. The van der Waals surface area contributed by atoms with Crippen LogP contribution in [0, 0.1) is 5.82 Å². The van der Waals surface area contributed by atoms with Crippen molar-refractivity contribution in [2.75, 3.05) is 5.43 Å². The molecule has 0 aliphatic heterocycles. The highest BCUT2D eigenvalue weighted by Gasteiger charge is 2.17. The number of nitrogens with zero attached hydrogens (tertiary/aromatic N) is 1. The van der Waals surface area contributed by atoms with Crippen LogP contribution in [0.15, 0.2) is 72.9 Å². The SMILES string of the molecule is CC(C(=O)NNc1ccccn1)c1ccc(-c2ccccc2)c(F)c1. The van der Waals surface area contributed by atoms with Gasteiger partial charge >= 0.3 is 0 Å². The number of rotatable bonds is 5. The molecule has 0 aliphatic carbocycles. The number of hydrogen-bond donors (Lipinski definition) is 2. The zero-order valence-electron chi connectivity index (χ0n) is 13.7. The summed E-state index contributed by atoms with van der Waals surface area (Å²) in [6.45, 7) is 1.73. The number of halogens is 1. The monoisotopic (exact) mass is 335 g/mol. The molecular weight excluding hydrogens is 317 g/mol. The highest BCUT2D eigenvalue weighted by molar-refractivity contribution is 5.84. The van der Waals surface area contributed by atoms with Crippen LogP contribution in [0.5, 0.6) is 0 Å². The van der Waals surface area contributed by atoms with Gasteiger partial charge < -0.3 is 0 Å². The summed E-state index contributed by atoms with van der Waals surface area (Å²) in [5.74, 6) is -0.581. The lowest BCUT2D eigenvalue weighted by molar-refractivity contribution is -0.121. The number of nitrogens with one attached hydrogen (secondary N) is 2. The van der Waals surface area contributed by atoms with Crippen molar-refractivity contribution in [2.45, 2.75) is 12.8 Å². The van der Waals surface area contributed by atoms with E-state index in [0.717, 1.165) is 5.56 Å². The normalized spacial score (nSPS) is 11.6. The van der Waals surface area contributed by atoms with E-state index in [2.05, 4.69) is 15.8 Å². The van der Waals surface area contributed by atoms with Crippen LogP contribution in [0.25, 0.3) is 11.1 Å². The Labute approximate surface area is 145 Å². The molecule has 0 spiro atoms. The van der Waals surface area contributed by atoms with E-state index in [1.165, 1.54) is 6.07 Å². The number of carbonyl (C=O) groups is 1. The lowest BCUT2D eigenvalue weighted by atomic mass is 9.96. The number of anilines is 1. The molecule has 0 bridgehead atoms. The van der Waals surface area contributed by atoms with Gasteiger partial charge in [-0.1, -0.05) is 48.5 Å². The lowest BCUT2D eigenvalue weighted by Crippen LogP contribution is -2.33. The lowest BCUT2D eigenvalue weighted by Gasteiger charge is -2.14. The molecule has 5 heteroatoms. The van der Waals surface area contributed by atoms with Gasteiger partial charge in [0.2, 0.25) is 5.91 Å². The topological polar surface area (TPSA) is 54.0 Å². The molecule has 1 amide bonds. The minimum atomic E-state index is -0.504. The molecule has 1 unspecified atom stereocenters. The maximum atomic E-state index is 14.5. The van der Waals surface area contributed by atoms with Crippen molar-refractivity contribution >= 4 is 11.7 Å². The Bertz CT molecular complexity index is 853. The molecule has 2 N–H and O–H groups in total. The first-order valence-corrected chi connectivity index (χ1v) is 7.97. The zero-order chi connectivity index (χ0) is 17.6. The van der Waals surface area contributed by atoms with E-state index in [1.807, 2.05) is 36.4 Å². The second-order valence-corrected chi connectivity index (χ2v) is 5.66. The quantitative estimate of drug-likeness (QED) is 0.689. The Morgan fingerprint density at radius 2 is 1.80 bits per heavy atom. The fraction of sp³-hybridized carbons (Fsp3) is 0.100. The van der Waals surface area contributed by atoms with Crippen molar-refractivity contribution in [1.29, 1.82) is 0 Å². The summed E-state index contributed by atoms with van der Waals surface area (Å²) in [7, 11) is 0. The molecule has 25 heavy (non-hydrogen) atoms. The molecule has 4 nitrogen and oxygen atoms in total. The Balaban J connectivity index is 1.70. The van der Waals surface area contributed by atoms with E-state index in [4.69, 9.17) is 0 Å². The van der Waals surface area contributed by atoms with Crippen LogP contribution in [0.3, 0.4) is 0 Å². The Hall–Kier alpha value is -3.21. The van der Waals surface area contributed by atoms with Gasteiger partial charge in [-0.15, -0.1) is 0 Å². The molecule has 1 aromatic heterocycles. The summed E-state index contributed by atoms with van der Waals surface area (Å²) >= 11 is 0. The molecule has 0 aliphatic rings. The Morgan fingerprint density at radius 1 is 1.04 bits per heavy atom. The summed E-state index contributed by atoms with van der Waals surface area (Å²) in [5, 5.41) is 0. The standard InChI is InChI=1S/C20H18FN3O/c1-14(20(25)24-23-19-9-5-6-12-22-19)16-10-11-17(18(21)13-16)15-7-3-2-4-8-15/h2-14H,1H3,(H,22,23)(H,24,25). The highest BCUT2D eigenvalue weighted by atomic mass is 19.1. The Morgan fingerprint density at radius 3 is 2.48 bits per heavy atom. The minimum absolute atomic E-state index is 0.266. The van der Waals surface area contributed by atoms with Crippen molar-refractivity contribution < 1.29 is 9.18 Å². The second kappa shape index (κ2) is 7.57. The molecule has 126 valence electrons. The number of aromatic nitrogens is 1. The van der Waals surface area contributed by atoms with Crippen LogP contribution >= 0.6 is 0 Å². The molecule has 0 radical (unpaired) electrons. The highest BCUT2D eigenvalue weighted by Crippen LogP contribution is 2.26. The van der Waals surface area contributed by atoms with Crippen LogP contribution in [0.1, 0.15) is 18.4 Å². The first-order chi connectivity index (χ1) is 12.1. The fourth-order valence-corrected chi connectivity index (χ4v) is 2.47. The average Bonchev–Trinajstić information content (AvgIpc) is 2.67. The number of pyridine rings is 1. The molecule has 1 atom stereocenters. The van der Waals surface area contributed by atoms with Gasteiger partial charge in [0.1, 0.15) is 11.6 Å². The predicted molar refractivity (Wildman–Crippen MR) is 96.3 cm³/mol. The van der Waals surface area contributed by atoms with E-state index >= 15 is 0 Å². The van der Waals surface area contributed by atoms with Gasteiger partial charge in [-0.25, -0.2) is 9.37 Å². The van der Waals surface area contributed by atoms with Crippen molar-refractivity contribution in [1.82, 2.24) is 10.4 Å². The first-order valence-electron chi connectivity index (χ1n) is 7.97. The van der Waals surface area contributed by atoms with E-state index in [9.17, 15) is 9.18 Å². The minimum Gasteiger partial charge on any atom is -0.282 e. The first kappa shape index (κ1) is 16.6. The summed E-state index contributed by atoms with van der Waals surface area (Å²) < 4.78 is 14.5. The fourth-order valence-electron chi connectivity index (χ4n) is 2.47. The van der Waals surface area contributed by atoms with E-state index in [-0.39, 0.29) is 11.7 Å². The van der Waals surface area contributed by atoms with Crippen molar-refractivity contribution in [3.8, 4) is 11.1 Å². The number of carbonyl (C=O) groups excluding carboxylic acids is 1.